The number of fused-ring (bicyclic) bond motifs is 1. The van der Waals surface area contributed by atoms with Gasteiger partial charge < -0.3 is 5.73 Å². The molecular weight excluding hydrogens is 194 g/mol. The molecule has 14 heavy (non-hydrogen) atoms. The Hall–Kier alpha value is -0.530. The van der Waals surface area contributed by atoms with Gasteiger partial charge in [-0.3, -0.25) is 0 Å². The Kier molecular flexibility index (Phi) is 2.80. The fraction of sp³-hybridized carbons (Fsp3) is 0.500. The van der Waals surface area contributed by atoms with Crippen LogP contribution in [0.4, 0.5) is 0 Å². The molecule has 2 rings (SSSR count). The largest absolute Gasteiger partial charge is 0.324 e. The molecule has 1 nitrogen and oxygen atoms in total. The summed E-state index contributed by atoms with van der Waals surface area (Å²) in [5.74, 6) is 0. The second-order valence-corrected chi connectivity index (χ2v) is 4.44. The molecule has 76 valence electrons. The normalized spacial score (nSPS) is 16.8. The number of nitrogens with two attached hydrogens (primary N) is 1. The fourth-order valence-electron chi connectivity index (χ4n) is 2.25. The average molecular weight is 210 g/mol. The SMILES string of the molecule is CCC(N)c1cc(Cl)cc2c1CCC2. The zero-order chi connectivity index (χ0) is 10.1. The first-order valence-corrected chi connectivity index (χ1v) is 5.67. The van der Waals surface area contributed by atoms with E-state index in [1.165, 1.54) is 36.0 Å². The second kappa shape index (κ2) is 3.92. The molecule has 0 saturated carbocycles. The maximum absolute atomic E-state index is 6.08. The third kappa shape index (κ3) is 1.67. The predicted molar refractivity (Wildman–Crippen MR) is 60.7 cm³/mol. The lowest BCUT2D eigenvalue weighted by molar-refractivity contribution is 0.690. The van der Waals surface area contributed by atoms with E-state index in [9.17, 15) is 0 Å². The minimum atomic E-state index is 0.153. The van der Waals surface area contributed by atoms with Crippen molar-refractivity contribution in [1.29, 1.82) is 0 Å². The van der Waals surface area contributed by atoms with Crippen LogP contribution in [0.1, 0.15) is 42.5 Å². The van der Waals surface area contributed by atoms with E-state index in [1.54, 1.807) is 0 Å². The molecule has 0 saturated heterocycles. The third-order valence-electron chi connectivity index (χ3n) is 3.05. The van der Waals surface area contributed by atoms with Gasteiger partial charge in [-0.25, -0.2) is 0 Å². The van der Waals surface area contributed by atoms with Gasteiger partial charge in [0.15, 0.2) is 0 Å². The van der Waals surface area contributed by atoms with E-state index in [2.05, 4.69) is 13.0 Å². The minimum absolute atomic E-state index is 0.153. The van der Waals surface area contributed by atoms with Gasteiger partial charge >= 0.3 is 0 Å². The molecule has 0 bridgehead atoms. The van der Waals surface area contributed by atoms with Crippen LogP contribution >= 0.6 is 11.6 Å². The standard InChI is InChI=1S/C12H16ClN/c1-2-12(14)11-7-9(13)6-8-4-3-5-10(8)11/h6-7,12H,2-5,14H2,1H3. The first kappa shape index (κ1) is 10.0. The monoisotopic (exact) mass is 209 g/mol. The highest BCUT2D eigenvalue weighted by Crippen LogP contribution is 2.32. The molecule has 2 heteroatoms. The zero-order valence-electron chi connectivity index (χ0n) is 8.52. The summed E-state index contributed by atoms with van der Waals surface area (Å²) in [7, 11) is 0. The van der Waals surface area contributed by atoms with Gasteiger partial charge in [0, 0.05) is 11.1 Å². The highest BCUT2D eigenvalue weighted by molar-refractivity contribution is 6.30. The third-order valence-corrected chi connectivity index (χ3v) is 3.27. The van der Waals surface area contributed by atoms with Gasteiger partial charge in [-0.15, -0.1) is 0 Å². The van der Waals surface area contributed by atoms with Crippen LogP contribution in [0.25, 0.3) is 0 Å². The molecule has 0 fully saturated rings. The van der Waals surface area contributed by atoms with Crippen molar-refractivity contribution in [2.45, 2.75) is 38.6 Å². The summed E-state index contributed by atoms with van der Waals surface area (Å²) >= 11 is 6.07. The number of benzene rings is 1. The van der Waals surface area contributed by atoms with E-state index >= 15 is 0 Å². The topological polar surface area (TPSA) is 26.0 Å². The maximum atomic E-state index is 6.08. The Balaban J connectivity index is 2.48. The number of aryl methyl sites for hydroxylation is 1. The molecule has 0 spiro atoms. The summed E-state index contributed by atoms with van der Waals surface area (Å²) in [6, 6.07) is 4.29. The van der Waals surface area contributed by atoms with Crippen molar-refractivity contribution >= 4 is 11.6 Å². The van der Waals surface area contributed by atoms with Gasteiger partial charge in [0.2, 0.25) is 0 Å². The van der Waals surface area contributed by atoms with Gasteiger partial charge in [-0.1, -0.05) is 18.5 Å². The number of hydrogen-bond donors (Lipinski definition) is 1. The van der Waals surface area contributed by atoms with Crippen molar-refractivity contribution in [3.8, 4) is 0 Å². The van der Waals surface area contributed by atoms with Gasteiger partial charge in [0.1, 0.15) is 0 Å². The Morgan fingerprint density at radius 1 is 1.43 bits per heavy atom. The summed E-state index contributed by atoms with van der Waals surface area (Å²) in [6.45, 7) is 2.12. The Morgan fingerprint density at radius 3 is 2.93 bits per heavy atom. The van der Waals surface area contributed by atoms with E-state index in [4.69, 9.17) is 17.3 Å². The van der Waals surface area contributed by atoms with Crippen molar-refractivity contribution < 1.29 is 0 Å². The Morgan fingerprint density at radius 2 is 2.21 bits per heavy atom. The molecule has 0 amide bonds. The summed E-state index contributed by atoms with van der Waals surface area (Å²) < 4.78 is 0. The molecule has 1 aromatic carbocycles. The van der Waals surface area contributed by atoms with Crippen LogP contribution < -0.4 is 5.73 Å². The Labute approximate surface area is 90.3 Å². The first-order valence-electron chi connectivity index (χ1n) is 5.29. The minimum Gasteiger partial charge on any atom is -0.324 e. The van der Waals surface area contributed by atoms with Gasteiger partial charge in [-0.2, -0.15) is 0 Å². The quantitative estimate of drug-likeness (QED) is 0.795. The molecule has 0 radical (unpaired) electrons. The lowest BCUT2D eigenvalue weighted by Crippen LogP contribution is -2.11. The molecule has 1 aliphatic rings. The molecule has 1 atom stereocenters. The van der Waals surface area contributed by atoms with Gasteiger partial charge in [-0.05, 0) is 54.5 Å². The molecule has 1 aromatic rings. The summed E-state index contributed by atoms with van der Waals surface area (Å²) in [5.41, 5.74) is 10.2. The summed E-state index contributed by atoms with van der Waals surface area (Å²) in [4.78, 5) is 0. The van der Waals surface area contributed by atoms with Crippen LogP contribution in [-0.4, -0.2) is 0 Å². The molecule has 0 heterocycles. The lowest BCUT2D eigenvalue weighted by Gasteiger charge is -2.15. The van der Waals surface area contributed by atoms with Crippen molar-refractivity contribution in [2.75, 3.05) is 0 Å². The molecule has 1 aliphatic carbocycles. The van der Waals surface area contributed by atoms with Crippen molar-refractivity contribution in [3.63, 3.8) is 0 Å². The van der Waals surface area contributed by atoms with E-state index in [0.717, 1.165) is 11.4 Å². The number of halogens is 1. The highest BCUT2D eigenvalue weighted by atomic mass is 35.5. The van der Waals surface area contributed by atoms with Crippen LogP contribution in [-0.2, 0) is 12.8 Å². The molecule has 1 unspecified atom stereocenters. The maximum Gasteiger partial charge on any atom is 0.0412 e. The van der Waals surface area contributed by atoms with Gasteiger partial charge in [0.05, 0.1) is 0 Å². The molecule has 0 aliphatic heterocycles. The summed E-state index contributed by atoms with van der Waals surface area (Å²) in [6.07, 6.45) is 4.57. The highest BCUT2D eigenvalue weighted by Gasteiger charge is 2.18. The van der Waals surface area contributed by atoms with Crippen molar-refractivity contribution in [1.82, 2.24) is 0 Å². The van der Waals surface area contributed by atoms with Crippen LogP contribution in [0, 0.1) is 0 Å². The smallest absolute Gasteiger partial charge is 0.0412 e. The lowest BCUT2D eigenvalue weighted by atomic mass is 9.96. The number of rotatable bonds is 2. The van der Waals surface area contributed by atoms with Crippen LogP contribution in [0.2, 0.25) is 5.02 Å². The van der Waals surface area contributed by atoms with E-state index in [0.29, 0.717) is 0 Å². The van der Waals surface area contributed by atoms with E-state index in [-0.39, 0.29) is 6.04 Å². The van der Waals surface area contributed by atoms with E-state index in [1.807, 2.05) is 6.07 Å². The van der Waals surface area contributed by atoms with Crippen LogP contribution in [0.5, 0.6) is 0 Å². The van der Waals surface area contributed by atoms with Gasteiger partial charge in [0.25, 0.3) is 0 Å². The Bertz CT molecular complexity index is 346. The average Bonchev–Trinajstić information content (AvgIpc) is 2.62. The van der Waals surface area contributed by atoms with Crippen LogP contribution in [0.15, 0.2) is 12.1 Å². The fourth-order valence-corrected chi connectivity index (χ4v) is 2.50. The van der Waals surface area contributed by atoms with Crippen molar-refractivity contribution in [2.24, 2.45) is 5.73 Å². The molecule has 0 aromatic heterocycles. The summed E-state index contributed by atoms with van der Waals surface area (Å²) in [5, 5.41) is 0.838. The van der Waals surface area contributed by atoms with Crippen LogP contribution in [0.3, 0.4) is 0 Å². The predicted octanol–water partition coefficient (Wildman–Crippen LogP) is 3.24. The second-order valence-electron chi connectivity index (χ2n) is 4.00. The van der Waals surface area contributed by atoms with E-state index < -0.39 is 0 Å². The van der Waals surface area contributed by atoms with Crippen molar-refractivity contribution in [3.05, 3.63) is 33.8 Å². The molecular formula is C12H16ClN. The number of hydrogen-bond acceptors (Lipinski definition) is 1. The first-order chi connectivity index (χ1) is 6.72. The molecule has 2 N–H and O–H groups in total. The zero-order valence-corrected chi connectivity index (χ0v) is 9.27.